The third-order valence-corrected chi connectivity index (χ3v) is 4.51. The molecule has 19 heavy (non-hydrogen) atoms. The minimum Gasteiger partial charge on any atom is -0.507 e. The highest BCUT2D eigenvalue weighted by molar-refractivity contribution is 7.56. The van der Waals surface area contributed by atoms with Crippen LogP contribution in [0.25, 0.3) is 0 Å². The predicted octanol–water partition coefficient (Wildman–Crippen LogP) is 2.70. The van der Waals surface area contributed by atoms with Crippen LogP contribution in [-0.4, -0.2) is 19.2 Å². The highest BCUT2D eigenvalue weighted by Gasteiger charge is 2.09. The average molecular weight is 273 g/mol. The Hall–Kier alpha value is -1.53. The van der Waals surface area contributed by atoms with Crippen LogP contribution in [-0.2, 0) is 0 Å². The van der Waals surface area contributed by atoms with Crippen LogP contribution < -0.4 is 15.5 Å². The van der Waals surface area contributed by atoms with Gasteiger partial charge in [0.1, 0.15) is 5.75 Å². The smallest absolute Gasteiger partial charge is 0.126 e. The highest BCUT2D eigenvalue weighted by Crippen LogP contribution is 2.25. The SMILES string of the molecule is Cc1ccc(Pc2cccc(C)c2O)c(N(C)C)c1. The lowest BCUT2D eigenvalue weighted by molar-refractivity contribution is 0.475. The lowest BCUT2D eigenvalue weighted by atomic mass is 10.2. The Bertz CT molecular complexity index is 593. The van der Waals surface area contributed by atoms with Crippen LogP contribution >= 0.6 is 8.58 Å². The first-order valence-electron chi connectivity index (χ1n) is 6.32. The van der Waals surface area contributed by atoms with Crippen LogP contribution in [0.5, 0.6) is 5.75 Å². The zero-order chi connectivity index (χ0) is 14.0. The van der Waals surface area contributed by atoms with E-state index < -0.39 is 0 Å². The predicted molar refractivity (Wildman–Crippen MR) is 85.9 cm³/mol. The van der Waals surface area contributed by atoms with Crippen molar-refractivity contribution in [2.45, 2.75) is 13.8 Å². The molecule has 0 saturated carbocycles. The molecule has 0 amide bonds. The number of para-hydroxylation sites is 1. The molecule has 0 aliphatic carbocycles. The normalized spacial score (nSPS) is 11.2. The van der Waals surface area contributed by atoms with Crippen molar-refractivity contribution in [2.75, 3.05) is 19.0 Å². The van der Waals surface area contributed by atoms with Gasteiger partial charge in [-0.1, -0.05) is 38.9 Å². The molecule has 1 unspecified atom stereocenters. The van der Waals surface area contributed by atoms with Gasteiger partial charge in [0.25, 0.3) is 0 Å². The van der Waals surface area contributed by atoms with E-state index in [0.29, 0.717) is 14.3 Å². The van der Waals surface area contributed by atoms with E-state index in [4.69, 9.17) is 0 Å². The van der Waals surface area contributed by atoms with Gasteiger partial charge in [0.2, 0.25) is 0 Å². The number of aromatic hydroxyl groups is 1. The van der Waals surface area contributed by atoms with Crippen molar-refractivity contribution >= 4 is 24.9 Å². The molecule has 0 radical (unpaired) electrons. The lowest BCUT2D eigenvalue weighted by Crippen LogP contribution is -2.18. The molecule has 2 aromatic rings. The molecule has 2 rings (SSSR count). The molecule has 0 fully saturated rings. The molecule has 1 atom stereocenters. The van der Waals surface area contributed by atoms with Crippen LogP contribution in [0.4, 0.5) is 5.69 Å². The van der Waals surface area contributed by atoms with Crippen molar-refractivity contribution in [1.29, 1.82) is 0 Å². The van der Waals surface area contributed by atoms with Gasteiger partial charge >= 0.3 is 0 Å². The summed E-state index contributed by atoms with van der Waals surface area (Å²) in [6.07, 6.45) is 0. The molecule has 0 heterocycles. The molecule has 0 aromatic heterocycles. The van der Waals surface area contributed by atoms with Gasteiger partial charge in [0, 0.05) is 30.4 Å². The maximum absolute atomic E-state index is 10.1. The first kappa shape index (κ1) is 13.9. The molecule has 3 heteroatoms. The molecule has 0 saturated heterocycles. The van der Waals surface area contributed by atoms with Gasteiger partial charge in [-0.3, -0.25) is 0 Å². The Balaban J connectivity index is 2.41. The number of nitrogens with zero attached hydrogens (tertiary/aromatic N) is 1. The zero-order valence-corrected chi connectivity index (χ0v) is 12.9. The van der Waals surface area contributed by atoms with Crippen molar-refractivity contribution in [3.8, 4) is 5.75 Å². The van der Waals surface area contributed by atoms with Crippen molar-refractivity contribution in [2.24, 2.45) is 0 Å². The maximum atomic E-state index is 10.1. The minimum atomic E-state index is 0.422. The molecule has 1 N–H and O–H groups in total. The lowest BCUT2D eigenvalue weighted by Gasteiger charge is -2.19. The van der Waals surface area contributed by atoms with Crippen molar-refractivity contribution in [3.63, 3.8) is 0 Å². The monoisotopic (exact) mass is 273 g/mol. The summed E-state index contributed by atoms with van der Waals surface area (Å²) in [5, 5.41) is 12.4. The summed E-state index contributed by atoms with van der Waals surface area (Å²) in [6, 6.07) is 12.4. The van der Waals surface area contributed by atoms with E-state index in [-0.39, 0.29) is 0 Å². The van der Waals surface area contributed by atoms with Gasteiger partial charge in [0.15, 0.2) is 0 Å². The van der Waals surface area contributed by atoms with Crippen molar-refractivity contribution < 1.29 is 5.11 Å². The average Bonchev–Trinajstić information content (AvgIpc) is 2.36. The number of anilines is 1. The number of hydrogen-bond donors (Lipinski definition) is 1. The van der Waals surface area contributed by atoms with Gasteiger partial charge in [0.05, 0.1) is 0 Å². The standard InChI is InChI=1S/C16H20NOP/c1-11-8-9-14(13(10-11)17(3)4)19-15-7-5-6-12(2)16(15)18/h5-10,18-19H,1-4H3. The van der Waals surface area contributed by atoms with Gasteiger partial charge in [-0.25, -0.2) is 0 Å². The molecule has 0 bridgehead atoms. The number of phenolic OH excluding ortho intramolecular Hbond substituents is 1. The van der Waals surface area contributed by atoms with Crippen molar-refractivity contribution in [3.05, 3.63) is 47.5 Å². The zero-order valence-electron chi connectivity index (χ0n) is 11.9. The number of aryl methyl sites for hydroxylation is 2. The Labute approximate surface area is 116 Å². The summed E-state index contributed by atoms with van der Waals surface area (Å²) in [7, 11) is 4.58. The molecular formula is C16H20NOP. The highest BCUT2D eigenvalue weighted by atomic mass is 31.1. The van der Waals surface area contributed by atoms with Crippen LogP contribution in [0.1, 0.15) is 11.1 Å². The number of benzene rings is 2. The summed E-state index contributed by atoms with van der Waals surface area (Å²) in [4.78, 5) is 2.13. The minimum absolute atomic E-state index is 0.422. The Morgan fingerprint density at radius 1 is 1.00 bits per heavy atom. The summed E-state index contributed by atoms with van der Waals surface area (Å²) >= 11 is 0. The fraction of sp³-hybridized carbons (Fsp3) is 0.250. The van der Waals surface area contributed by atoms with Crippen LogP contribution in [0.2, 0.25) is 0 Å². The Morgan fingerprint density at radius 3 is 2.42 bits per heavy atom. The second-order valence-corrected chi connectivity index (χ2v) is 6.34. The first-order chi connectivity index (χ1) is 8.99. The van der Waals surface area contributed by atoms with Crippen LogP contribution in [0.15, 0.2) is 36.4 Å². The molecule has 0 aliphatic heterocycles. The largest absolute Gasteiger partial charge is 0.507 e. The summed E-state index contributed by atoms with van der Waals surface area (Å²) in [5.74, 6) is 0.422. The molecule has 0 aliphatic rings. The summed E-state index contributed by atoms with van der Waals surface area (Å²) < 4.78 is 0. The second kappa shape index (κ2) is 5.63. The third-order valence-electron chi connectivity index (χ3n) is 3.14. The third kappa shape index (κ3) is 3.08. The molecule has 2 nitrogen and oxygen atoms in total. The van der Waals surface area contributed by atoms with E-state index >= 15 is 0 Å². The Kier molecular flexibility index (Phi) is 4.11. The van der Waals surface area contributed by atoms with Crippen LogP contribution in [0, 0.1) is 13.8 Å². The Morgan fingerprint density at radius 2 is 1.74 bits per heavy atom. The number of hydrogen-bond acceptors (Lipinski definition) is 2. The van der Waals surface area contributed by atoms with E-state index in [2.05, 4.69) is 44.1 Å². The van der Waals surface area contributed by atoms with Gasteiger partial charge in [-0.05, 0) is 31.0 Å². The fourth-order valence-corrected chi connectivity index (χ4v) is 3.40. The van der Waals surface area contributed by atoms with Gasteiger partial charge in [-0.2, -0.15) is 0 Å². The van der Waals surface area contributed by atoms with E-state index in [1.807, 2.05) is 25.1 Å². The summed E-state index contributed by atoms with van der Waals surface area (Å²) in [6.45, 7) is 4.04. The van der Waals surface area contributed by atoms with Gasteiger partial charge in [-0.15, -0.1) is 0 Å². The fourth-order valence-electron chi connectivity index (χ4n) is 2.02. The van der Waals surface area contributed by atoms with Crippen LogP contribution in [0.3, 0.4) is 0 Å². The topological polar surface area (TPSA) is 23.5 Å². The molecule has 100 valence electrons. The first-order valence-corrected chi connectivity index (χ1v) is 7.32. The van der Waals surface area contributed by atoms with E-state index in [1.54, 1.807) is 0 Å². The number of phenols is 1. The van der Waals surface area contributed by atoms with E-state index in [9.17, 15) is 5.11 Å². The van der Waals surface area contributed by atoms with E-state index in [0.717, 1.165) is 10.9 Å². The quantitative estimate of drug-likeness (QED) is 0.869. The van der Waals surface area contributed by atoms with Crippen molar-refractivity contribution in [1.82, 2.24) is 0 Å². The second-order valence-electron chi connectivity index (χ2n) is 5.01. The summed E-state index contributed by atoms with van der Waals surface area (Å²) in [5.41, 5.74) is 3.41. The molecular weight excluding hydrogens is 253 g/mol. The van der Waals surface area contributed by atoms with Gasteiger partial charge < -0.3 is 10.0 Å². The number of rotatable bonds is 3. The van der Waals surface area contributed by atoms with E-state index in [1.165, 1.54) is 16.6 Å². The maximum Gasteiger partial charge on any atom is 0.126 e. The molecule has 2 aromatic carbocycles. The molecule has 0 spiro atoms.